The number of furan rings is 1. The highest BCUT2D eigenvalue weighted by Crippen LogP contribution is 2.24. The quantitative estimate of drug-likeness (QED) is 0.833. The molecule has 7 heteroatoms. The molecule has 0 aliphatic rings. The first kappa shape index (κ1) is 14.0. The number of rotatable bonds is 4. The lowest BCUT2D eigenvalue weighted by atomic mass is 10.2. The second kappa shape index (κ2) is 5.32. The first-order valence-corrected chi connectivity index (χ1v) is 7.05. The van der Waals surface area contributed by atoms with Gasteiger partial charge in [0.15, 0.2) is 0 Å². The summed E-state index contributed by atoms with van der Waals surface area (Å²) in [5.74, 6) is -0.186. The number of hydrogen-bond donors (Lipinski definition) is 2. The van der Waals surface area contributed by atoms with Crippen molar-refractivity contribution in [1.29, 1.82) is 0 Å². The number of carbonyl (C=O) groups is 1. The Kier molecular flexibility index (Phi) is 3.73. The highest BCUT2D eigenvalue weighted by atomic mass is 32.2. The van der Waals surface area contributed by atoms with Crippen molar-refractivity contribution >= 4 is 22.1 Å². The van der Waals surface area contributed by atoms with Crippen LogP contribution in [-0.2, 0) is 14.8 Å². The van der Waals surface area contributed by atoms with Crippen LogP contribution in [0.3, 0.4) is 0 Å². The van der Waals surface area contributed by atoms with Crippen LogP contribution in [0.15, 0.2) is 51.8 Å². The van der Waals surface area contributed by atoms with Gasteiger partial charge in [-0.2, -0.15) is 0 Å². The van der Waals surface area contributed by atoms with E-state index in [4.69, 9.17) is 14.7 Å². The van der Waals surface area contributed by atoms with E-state index in [0.717, 1.165) is 6.08 Å². The zero-order valence-electron chi connectivity index (χ0n) is 10.2. The van der Waals surface area contributed by atoms with E-state index in [1.165, 1.54) is 18.2 Å². The van der Waals surface area contributed by atoms with Crippen LogP contribution in [0, 0.1) is 0 Å². The molecule has 1 heterocycles. The average Bonchev–Trinajstić information content (AvgIpc) is 2.84. The molecule has 0 saturated carbocycles. The lowest BCUT2D eigenvalue weighted by Gasteiger charge is -2.00. The first-order chi connectivity index (χ1) is 9.36. The standard InChI is InChI=1S/C13H11NO5S/c14-20(17,18)11-5-1-9(2-6-11)12-7-3-10(19-12)4-8-13(15)16/h1-8H,(H,15,16)(H2,14,17,18)/b8-4+. The second-order valence-electron chi connectivity index (χ2n) is 3.94. The minimum atomic E-state index is -3.72. The Morgan fingerprint density at radius 1 is 1.15 bits per heavy atom. The highest BCUT2D eigenvalue weighted by molar-refractivity contribution is 7.89. The molecule has 0 unspecified atom stereocenters. The van der Waals surface area contributed by atoms with Gasteiger partial charge in [-0.3, -0.25) is 0 Å². The monoisotopic (exact) mass is 293 g/mol. The first-order valence-electron chi connectivity index (χ1n) is 5.50. The Morgan fingerprint density at radius 2 is 1.80 bits per heavy atom. The van der Waals surface area contributed by atoms with Crippen molar-refractivity contribution in [3.05, 3.63) is 48.2 Å². The smallest absolute Gasteiger partial charge is 0.328 e. The van der Waals surface area contributed by atoms with Crippen LogP contribution in [0.25, 0.3) is 17.4 Å². The summed E-state index contributed by atoms with van der Waals surface area (Å²) >= 11 is 0. The second-order valence-corrected chi connectivity index (χ2v) is 5.50. The van der Waals surface area contributed by atoms with E-state index in [0.29, 0.717) is 17.1 Å². The van der Waals surface area contributed by atoms with Crippen LogP contribution >= 0.6 is 0 Å². The summed E-state index contributed by atoms with van der Waals surface area (Å²) in [6.07, 6.45) is 2.29. The summed E-state index contributed by atoms with van der Waals surface area (Å²) in [4.78, 5) is 10.4. The summed E-state index contributed by atoms with van der Waals surface area (Å²) in [6.45, 7) is 0. The minimum Gasteiger partial charge on any atom is -0.478 e. The Labute approximate surface area is 115 Å². The van der Waals surface area contributed by atoms with Gasteiger partial charge < -0.3 is 9.52 Å². The number of primary sulfonamides is 1. The number of aliphatic carboxylic acids is 1. The molecular weight excluding hydrogens is 282 g/mol. The zero-order chi connectivity index (χ0) is 14.8. The van der Waals surface area contributed by atoms with E-state index in [1.807, 2.05) is 0 Å². The third kappa shape index (κ3) is 3.34. The molecule has 0 aliphatic heterocycles. The molecule has 0 spiro atoms. The van der Waals surface area contributed by atoms with Crippen molar-refractivity contribution in [1.82, 2.24) is 0 Å². The largest absolute Gasteiger partial charge is 0.478 e. The van der Waals surface area contributed by atoms with Gasteiger partial charge in [-0.25, -0.2) is 18.4 Å². The lowest BCUT2D eigenvalue weighted by molar-refractivity contribution is -0.131. The van der Waals surface area contributed by atoms with E-state index < -0.39 is 16.0 Å². The molecule has 3 N–H and O–H groups in total. The molecule has 20 heavy (non-hydrogen) atoms. The molecule has 2 aromatic rings. The van der Waals surface area contributed by atoms with E-state index in [9.17, 15) is 13.2 Å². The van der Waals surface area contributed by atoms with E-state index in [1.54, 1.807) is 24.3 Å². The number of carboxylic acid groups (broad SMARTS) is 1. The average molecular weight is 293 g/mol. The fourth-order valence-electron chi connectivity index (χ4n) is 1.56. The van der Waals surface area contributed by atoms with Crippen molar-refractivity contribution in [2.75, 3.05) is 0 Å². The molecule has 104 valence electrons. The fourth-order valence-corrected chi connectivity index (χ4v) is 2.08. The predicted octanol–water partition coefficient (Wildman–Crippen LogP) is 1.69. The van der Waals surface area contributed by atoms with Crippen molar-refractivity contribution in [3.8, 4) is 11.3 Å². The summed E-state index contributed by atoms with van der Waals surface area (Å²) in [5, 5.41) is 13.5. The van der Waals surface area contributed by atoms with Crippen LogP contribution in [-0.4, -0.2) is 19.5 Å². The van der Waals surface area contributed by atoms with Gasteiger partial charge in [0.1, 0.15) is 11.5 Å². The summed E-state index contributed by atoms with van der Waals surface area (Å²) in [6, 6.07) is 9.14. The van der Waals surface area contributed by atoms with Crippen molar-refractivity contribution < 1.29 is 22.7 Å². The van der Waals surface area contributed by atoms with E-state index in [2.05, 4.69) is 0 Å². The van der Waals surface area contributed by atoms with Gasteiger partial charge in [0.2, 0.25) is 10.0 Å². The van der Waals surface area contributed by atoms with Crippen LogP contribution in [0.4, 0.5) is 0 Å². The number of nitrogens with two attached hydrogens (primary N) is 1. The van der Waals surface area contributed by atoms with Crippen LogP contribution in [0.5, 0.6) is 0 Å². The van der Waals surface area contributed by atoms with Crippen molar-refractivity contribution in [2.45, 2.75) is 4.90 Å². The summed E-state index contributed by atoms with van der Waals surface area (Å²) in [5.41, 5.74) is 0.660. The number of sulfonamides is 1. The topological polar surface area (TPSA) is 111 Å². The molecule has 0 amide bonds. The third-order valence-electron chi connectivity index (χ3n) is 2.48. The minimum absolute atomic E-state index is 0.0128. The molecule has 0 aliphatic carbocycles. The molecule has 2 rings (SSSR count). The molecule has 6 nitrogen and oxygen atoms in total. The summed E-state index contributed by atoms with van der Waals surface area (Å²) < 4.78 is 27.7. The number of benzene rings is 1. The van der Waals surface area contributed by atoms with Gasteiger partial charge in [-0.1, -0.05) is 0 Å². The zero-order valence-corrected chi connectivity index (χ0v) is 11.0. The Hall–Kier alpha value is -2.38. The summed E-state index contributed by atoms with van der Waals surface area (Å²) in [7, 11) is -3.72. The lowest BCUT2D eigenvalue weighted by Crippen LogP contribution is -2.11. The molecular formula is C13H11NO5S. The van der Waals surface area contributed by atoms with Crippen LogP contribution in [0.1, 0.15) is 5.76 Å². The van der Waals surface area contributed by atoms with E-state index in [-0.39, 0.29) is 4.90 Å². The SMILES string of the molecule is NS(=O)(=O)c1ccc(-c2ccc(/C=C/C(=O)O)o2)cc1. The highest BCUT2D eigenvalue weighted by Gasteiger charge is 2.09. The Bertz CT molecular complexity index is 756. The van der Waals surface area contributed by atoms with Crippen LogP contribution in [0.2, 0.25) is 0 Å². The fraction of sp³-hybridized carbons (Fsp3) is 0. The van der Waals surface area contributed by atoms with Gasteiger partial charge >= 0.3 is 5.97 Å². The van der Waals surface area contributed by atoms with Crippen molar-refractivity contribution in [3.63, 3.8) is 0 Å². The Balaban J connectivity index is 2.27. The molecule has 0 radical (unpaired) electrons. The van der Waals surface area contributed by atoms with Gasteiger partial charge in [0.25, 0.3) is 0 Å². The van der Waals surface area contributed by atoms with Gasteiger partial charge in [-0.15, -0.1) is 0 Å². The maximum atomic E-state index is 11.1. The molecule has 0 atom stereocenters. The maximum absolute atomic E-state index is 11.1. The van der Waals surface area contributed by atoms with Gasteiger partial charge in [-0.05, 0) is 42.5 Å². The van der Waals surface area contributed by atoms with Gasteiger partial charge in [0.05, 0.1) is 4.90 Å². The molecule has 0 saturated heterocycles. The third-order valence-corrected chi connectivity index (χ3v) is 3.41. The normalized spacial score (nSPS) is 11.8. The van der Waals surface area contributed by atoms with E-state index >= 15 is 0 Å². The maximum Gasteiger partial charge on any atom is 0.328 e. The molecule has 1 aromatic carbocycles. The number of carboxylic acids is 1. The number of hydrogen-bond acceptors (Lipinski definition) is 4. The molecule has 0 bridgehead atoms. The van der Waals surface area contributed by atoms with Gasteiger partial charge in [0, 0.05) is 11.6 Å². The van der Waals surface area contributed by atoms with Crippen molar-refractivity contribution in [2.24, 2.45) is 5.14 Å². The van der Waals surface area contributed by atoms with Crippen LogP contribution < -0.4 is 5.14 Å². The molecule has 1 aromatic heterocycles. The molecule has 0 fully saturated rings. The Morgan fingerprint density at radius 3 is 2.35 bits per heavy atom. The predicted molar refractivity (Wildman–Crippen MR) is 72.2 cm³/mol.